The van der Waals surface area contributed by atoms with Gasteiger partial charge in [-0.05, 0) is 42.8 Å². The van der Waals surface area contributed by atoms with Crippen molar-refractivity contribution in [2.45, 2.75) is 20.1 Å². The molecule has 0 amide bonds. The highest BCUT2D eigenvalue weighted by molar-refractivity contribution is 5.70. The molecule has 0 saturated carbocycles. The van der Waals surface area contributed by atoms with E-state index in [1.807, 2.05) is 23.6 Å². The lowest BCUT2D eigenvalue weighted by atomic mass is 10.1. The molecule has 5 nitrogen and oxygen atoms in total. The predicted molar refractivity (Wildman–Crippen MR) is 122 cm³/mol. The van der Waals surface area contributed by atoms with Crippen molar-refractivity contribution in [1.82, 2.24) is 14.3 Å². The molecule has 5 rings (SSSR count). The van der Waals surface area contributed by atoms with Gasteiger partial charge in [0.2, 0.25) is 0 Å². The molecule has 2 aromatic heterocycles. The monoisotopic (exact) mass is 449 g/mol. The maximum absolute atomic E-state index is 14.0. The number of aryl methyl sites for hydroxylation is 1. The fourth-order valence-corrected chi connectivity index (χ4v) is 4.27. The van der Waals surface area contributed by atoms with Crippen LogP contribution in [-0.4, -0.2) is 40.6 Å². The Morgan fingerprint density at radius 3 is 2.55 bits per heavy atom. The van der Waals surface area contributed by atoms with Crippen LogP contribution in [0.3, 0.4) is 0 Å². The van der Waals surface area contributed by atoms with Crippen LogP contribution in [0.5, 0.6) is 5.75 Å². The molecule has 1 fully saturated rings. The first-order valence-electron chi connectivity index (χ1n) is 11.0. The van der Waals surface area contributed by atoms with Crippen molar-refractivity contribution in [3.63, 3.8) is 0 Å². The summed E-state index contributed by atoms with van der Waals surface area (Å²) < 4.78 is 41.3. The second-order valence-electron chi connectivity index (χ2n) is 8.19. The number of rotatable bonds is 6. The molecule has 0 atom stereocenters. The SMILES string of the molecule is Cc1nc2c(OCc3c(F)cccc3F)cccn2c1-c1cccc(CN2CCOCC2)c1. The summed E-state index contributed by atoms with van der Waals surface area (Å²) in [5.74, 6) is -0.780. The number of imidazole rings is 1. The molecule has 0 unspecified atom stereocenters. The van der Waals surface area contributed by atoms with Crippen LogP contribution in [0.15, 0.2) is 60.8 Å². The number of benzene rings is 2. The molecule has 170 valence electrons. The van der Waals surface area contributed by atoms with Crippen molar-refractivity contribution in [1.29, 1.82) is 0 Å². The van der Waals surface area contributed by atoms with Crippen LogP contribution >= 0.6 is 0 Å². The van der Waals surface area contributed by atoms with Crippen molar-refractivity contribution in [2.24, 2.45) is 0 Å². The summed E-state index contributed by atoms with van der Waals surface area (Å²) in [6, 6.07) is 15.9. The Morgan fingerprint density at radius 1 is 1.00 bits per heavy atom. The Labute approximate surface area is 191 Å². The van der Waals surface area contributed by atoms with Gasteiger partial charge in [0, 0.05) is 31.4 Å². The van der Waals surface area contributed by atoms with Crippen LogP contribution in [0.1, 0.15) is 16.8 Å². The second kappa shape index (κ2) is 9.29. The summed E-state index contributed by atoms with van der Waals surface area (Å²) in [7, 11) is 0. The number of nitrogens with zero attached hydrogens (tertiary/aromatic N) is 3. The highest BCUT2D eigenvalue weighted by Gasteiger charge is 2.17. The fourth-order valence-electron chi connectivity index (χ4n) is 4.27. The van der Waals surface area contributed by atoms with E-state index in [0.717, 1.165) is 49.8 Å². The maximum Gasteiger partial charge on any atom is 0.180 e. The van der Waals surface area contributed by atoms with E-state index >= 15 is 0 Å². The summed E-state index contributed by atoms with van der Waals surface area (Å²) in [5, 5.41) is 0. The average molecular weight is 450 g/mol. The van der Waals surface area contributed by atoms with Gasteiger partial charge in [0.05, 0.1) is 30.2 Å². The van der Waals surface area contributed by atoms with Crippen molar-refractivity contribution >= 4 is 5.65 Å². The summed E-state index contributed by atoms with van der Waals surface area (Å²) in [4.78, 5) is 7.10. The third-order valence-corrected chi connectivity index (χ3v) is 5.93. The lowest BCUT2D eigenvalue weighted by molar-refractivity contribution is 0.0342. The molecular formula is C26H25F2N3O2. The summed E-state index contributed by atoms with van der Waals surface area (Å²) in [6.07, 6.45) is 1.93. The largest absolute Gasteiger partial charge is 0.485 e. The van der Waals surface area contributed by atoms with Crippen LogP contribution in [0.4, 0.5) is 8.78 Å². The normalized spacial score (nSPS) is 14.6. The first-order valence-corrected chi connectivity index (χ1v) is 11.0. The van der Waals surface area contributed by atoms with E-state index in [0.29, 0.717) is 11.4 Å². The van der Waals surface area contributed by atoms with E-state index < -0.39 is 11.6 Å². The van der Waals surface area contributed by atoms with Crippen LogP contribution < -0.4 is 4.74 Å². The fraction of sp³-hybridized carbons (Fsp3) is 0.269. The third-order valence-electron chi connectivity index (χ3n) is 5.93. The van der Waals surface area contributed by atoms with E-state index in [9.17, 15) is 8.78 Å². The molecule has 1 aliphatic rings. The third kappa shape index (κ3) is 4.47. The molecule has 1 saturated heterocycles. The first kappa shape index (κ1) is 21.6. The van der Waals surface area contributed by atoms with Gasteiger partial charge in [-0.2, -0.15) is 0 Å². The van der Waals surface area contributed by atoms with Crippen molar-refractivity contribution in [3.8, 4) is 17.0 Å². The quantitative estimate of drug-likeness (QED) is 0.415. The number of aromatic nitrogens is 2. The zero-order valence-corrected chi connectivity index (χ0v) is 18.4. The van der Waals surface area contributed by atoms with Gasteiger partial charge in [-0.25, -0.2) is 13.8 Å². The molecule has 0 N–H and O–H groups in total. The van der Waals surface area contributed by atoms with Gasteiger partial charge < -0.3 is 9.47 Å². The summed E-state index contributed by atoms with van der Waals surface area (Å²) in [5.41, 5.74) is 4.62. The number of halogens is 2. The topological polar surface area (TPSA) is 39.0 Å². The lowest BCUT2D eigenvalue weighted by Crippen LogP contribution is -2.35. The molecule has 4 aromatic rings. The van der Waals surface area contributed by atoms with Crippen LogP contribution in [0, 0.1) is 18.6 Å². The van der Waals surface area contributed by atoms with Gasteiger partial charge in [-0.1, -0.05) is 24.3 Å². The zero-order chi connectivity index (χ0) is 22.8. The molecule has 0 bridgehead atoms. The number of hydrogen-bond donors (Lipinski definition) is 0. The minimum atomic E-state index is -0.626. The standard InChI is InChI=1S/C26H25F2N3O2/c1-18-25(20-6-2-5-19(15-20)16-30-11-13-32-14-12-30)31-10-4-9-24(26(31)29-18)33-17-21-22(27)7-3-8-23(21)28/h2-10,15H,11-14,16-17H2,1H3. The van der Waals surface area contributed by atoms with E-state index in [4.69, 9.17) is 14.5 Å². The smallest absolute Gasteiger partial charge is 0.180 e. The molecule has 3 heterocycles. The van der Waals surface area contributed by atoms with E-state index in [1.54, 1.807) is 6.07 Å². The van der Waals surface area contributed by atoms with Gasteiger partial charge in [0.15, 0.2) is 11.4 Å². The number of pyridine rings is 1. The zero-order valence-electron chi connectivity index (χ0n) is 18.4. The predicted octanol–water partition coefficient (Wildman–Crippen LogP) is 5.00. The summed E-state index contributed by atoms with van der Waals surface area (Å²) in [6.45, 7) is 6.02. The van der Waals surface area contributed by atoms with Crippen LogP contribution in [0.2, 0.25) is 0 Å². The highest BCUT2D eigenvalue weighted by Crippen LogP contribution is 2.30. The molecule has 1 aliphatic heterocycles. The highest BCUT2D eigenvalue weighted by atomic mass is 19.1. The Kier molecular flexibility index (Phi) is 6.07. The molecule has 33 heavy (non-hydrogen) atoms. The van der Waals surface area contributed by atoms with Gasteiger partial charge in [0.1, 0.15) is 18.2 Å². The van der Waals surface area contributed by atoms with Gasteiger partial charge >= 0.3 is 0 Å². The Morgan fingerprint density at radius 2 is 1.76 bits per heavy atom. The molecule has 2 aromatic carbocycles. The van der Waals surface area contributed by atoms with Crippen LogP contribution in [0.25, 0.3) is 16.9 Å². The van der Waals surface area contributed by atoms with Crippen molar-refractivity contribution < 1.29 is 18.3 Å². The lowest BCUT2D eigenvalue weighted by Gasteiger charge is -2.26. The van der Waals surface area contributed by atoms with Crippen LogP contribution in [-0.2, 0) is 17.9 Å². The molecule has 0 spiro atoms. The Balaban J connectivity index is 1.44. The first-order chi connectivity index (χ1) is 16.1. The second-order valence-corrected chi connectivity index (χ2v) is 8.19. The van der Waals surface area contributed by atoms with E-state index in [1.165, 1.54) is 23.8 Å². The number of ether oxygens (including phenoxy) is 2. The minimum Gasteiger partial charge on any atom is -0.485 e. The van der Waals surface area contributed by atoms with Gasteiger partial charge in [-0.15, -0.1) is 0 Å². The average Bonchev–Trinajstić information content (AvgIpc) is 3.16. The molecule has 0 aliphatic carbocycles. The van der Waals surface area contributed by atoms with Crippen molar-refractivity contribution in [3.05, 3.63) is 89.2 Å². The Hall–Kier alpha value is -3.29. The van der Waals surface area contributed by atoms with E-state index in [2.05, 4.69) is 29.2 Å². The maximum atomic E-state index is 14.0. The van der Waals surface area contributed by atoms with Gasteiger partial charge in [0.25, 0.3) is 0 Å². The molecule has 0 radical (unpaired) electrons. The summed E-state index contributed by atoms with van der Waals surface area (Å²) >= 11 is 0. The van der Waals surface area contributed by atoms with E-state index in [-0.39, 0.29) is 12.2 Å². The molecular weight excluding hydrogens is 424 g/mol. The van der Waals surface area contributed by atoms with Crippen molar-refractivity contribution in [2.75, 3.05) is 26.3 Å². The Bertz CT molecular complexity index is 1260. The number of fused-ring (bicyclic) bond motifs is 1. The number of hydrogen-bond acceptors (Lipinski definition) is 4. The minimum absolute atomic E-state index is 0.0983. The van der Waals surface area contributed by atoms with Gasteiger partial charge in [-0.3, -0.25) is 9.30 Å². The number of morpholine rings is 1. The molecule has 7 heteroatoms.